The first kappa shape index (κ1) is 9.52. The zero-order valence-corrected chi connectivity index (χ0v) is 8.99. The minimum atomic E-state index is -2.79. The Bertz CT molecular complexity index is 223. The maximum Gasteiger partial charge on any atom is 0.150 e. The smallest absolute Gasteiger partial charge is 0.150 e. The van der Waals surface area contributed by atoms with E-state index in [1.807, 2.05) is 0 Å². The van der Waals surface area contributed by atoms with E-state index in [-0.39, 0.29) is 5.25 Å². The molecule has 11 heavy (non-hydrogen) atoms. The minimum Gasteiger partial charge on any atom is -0.229 e. The Balaban J connectivity index is 2.60. The fourth-order valence-electron chi connectivity index (χ4n) is 1.48. The molecular weight excluding hydrogens is 228 g/mol. The van der Waals surface area contributed by atoms with Gasteiger partial charge in [0.1, 0.15) is 9.84 Å². The lowest BCUT2D eigenvalue weighted by Crippen LogP contribution is -2.27. The summed E-state index contributed by atoms with van der Waals surface area (Å²) in [7, 11) is -2.79. The molecule has 1 saturated carbocycles. The highest BCUT2D eigenvalue weighted by atomic mass is 79.9. The summed E-state index contributed by atoms with van der Waals surface area (Å²) in [5.41, 5.74) is 0. The lowest BCUT2D eigenvalue weighted by Gasteiger charge is -2.23. The molecule has 1 fully saturated rings. The molecule has 4 heteroatoms. The van der Waals surface area contributed by atoms with Gasteiger partial charge in [-0.3, -0.25) is 0 Å². The van der Waals surface area contributed by atoms with Crippen LogP contribution in [0.5, 0.6) is 0 Å². The molecule has 2 unspecified atom stereocenters. The third kappa shape index (κ3) is 2.75. The molecule has 2 nitrogen and oxygen atoms in total. The first-order valence-corrected chi connectivity index (χ1v) is 6.70. The summed E-state index contributed by atoms with van der Waals surface area (Å²) in [6.45, 7) is 0. The first-order chi connectivity index (χ1) is 5.00. The minimum absolute atomic E-state index is 0.0966. The zero-order chi connectivity index (χ0) is 8.48. The first-order valence-electron chi connectivity index (χ1n) is 3.83. The molecule has 0 bridgehead atoms. The molecule has 0 aromatic heterocycles. The Kier molecular flexibility index (Phi) is 2.97. The molecule has 0 N–H and O–H groups in total. The summed E-state index contributed by atoms with van der Waals surface area (Å²) in [6.07, 6.45) is 5.13. The quantitative estimate of drug-likeness (QED) is 0.655. The SMILES string of the molecule is CS(=O)(=O)C1CCCC(Br)C1. The van der Waals surface area contributed by atoms with Gasteiger partial charge < -0.3 is 0 Å². The van der Waals surface area contributed by atoms with E-state index in [1.54, 1.807) is 0 Å². The second-order valence-electron chi connectivity index (χ2n) is 3.22. The number of sulfone groups is 1. The van der Waals surface area contributed by atoms with Gasteiger partial charge in [-0.15, -0.1) is 0 Å². The molecule has 2 atom stereocenters. The van der Waals surface area contributed by atoms with Crippen molar-refractivity contribution in [2.45, 2.75) is 35.8 Å². The standard InChI is InChI=1S/C7H13BrO2S/c1-11(9,10)7-4-2-3-6(8)5-7/h6-7H,2-5H2,1H3. The summed E-state index contributed by atoms with van der Waals surface area (Å²) in [4.78, 5) is 0.413. The van der Waals surface area contributed by atoms with Gasteiger partial charge in [-0.05, 0) is 19.3 Å². The van der Waals surface area contributed by atoms with Crippen molar-refractivity contribution in [1.82, 2.24) is 0 Å². The number of hydrogen-bond acceptors (Lipinski definition) is 2. The van der Waals surface area contributed by atoms with E-state index in [0.29, 0.717) is 4.83 Å². The largest absolute Gasteiger partial charge is 0.229 e. The van der Waals surface area contributed by atoms with E-state index in [2.05, 4.69) is 15.9 Å². The molecular formula is C7H13BrO2S. The van der Waals surface area contributed by atoms with Crippen LogP contribution in [0.25, 0.3) is 0 Å². The van der Waals surface area contributed by atoms with Crippen LogP contribution in [0, 0.1) is 0 Å². The number of alkyl halides is 1. The van der Waals surface area contributed by atoms with Crippen LogP contribution in [-0.2, 0) is 9.84 Å². The molecule has 0 heterocycles. The van der Waals surface area contributed by atoms with Crippen LogP contribution in [0.2, 0.25) is 0 Å². The van der Waals surface area contributed by atoms with Crippen LogP contribution >= 0.6 is 15.9 Å². The molecule has 0 aliphatic heterocycles. The topological polar surface area (TPSA) is 34.1 Å². The summed E-state index contributed by atoms with van der Waals surface area (Å²) in [6, 6.07) is 0. The van der Waals surface area contributed by atoms with E-state index in [1.165, 1.54) is 6.26 Å². The Morgan fingerprint density at radius 1 is 1.36 bits per heavy atom. The maximum absolute atomic E-state index is 11.1. The van der Waals surface area contributed by atoms with Crippen LogP contribution < -0.4 is 0 Å². The average molecular weight is 241 g/mol. The zero-order valence-electron chi connectivity index (χ0n) is 6.59. The summed E-state index contributed by atoms with van der Waals surface area (Å²) in [5.74, 6) is 0. The van der Waals surface area contributed by atoms with Crippen molar-refractivity contribution in [3.05, 3.63) is 0 Å². The van der Waals surface area contributed by atoms with Crippen LogP contribution in [0.1, 0.15) is 25.7 Å². The number of hydrogen-bond donors (Lipinski definition) is 0. The van der Waals surface area contributed by atoms with Gasteiger partial charge in [-0.2, -0.15) is 0 Å². The van der Waals surface area contributed by atoms with Crippen molar-refractivity contribution in [2.75, 3.05) is 6.26 Å². The Labute approximate surface area is 76.4 Å². The Morgan fingerprint density at radius 2 is 2.00 bits per heavy atom. The van der Waals surface area contributed by atoms with Gasteiger partial charge in [0.25, 0.3) is 0 Å². The second kappa shape index (κ2) is 3.44. The van der Waals surface area contributed by atoms with Crippen LogP contribution in [0.15, 0.2) is 0 Å². The van der Waals surface area contributed by atoms with Crippen molar-refractivity contribution in [2.24, 2.45) is 0 Å². The van der Waals surface area contributed by atoms with Crippen LogP contribution in [0.4, 0.5) is 0 Å². The molecule has 0 aromatic rings. The van der Waals surface area contributed by atoms with Crippen molar-refractivity contribution < 1.29 is 8.42 Å². The summed E-state index contributed by atoms with van der Waals surface area (Å²) < 4.78 is 22.2. The van der Waals surface area contributed by atoms with E-state index >= 15 is 0 Å². The van der Waals surface area contributed by atoms with Gasteiger partial charge in [-0.25, -0.2) is 8.42 Å². The molecule has 1 aliphatic rings. The second-order valence-corrected chi connectivity index (χ2v) is 6.84. The van der Waals surface area contributed by atoms with Crippen LogP contribution in [0.3, 0.4) is 0 Å². The van der Waals surface area contributed by atoms with Gasteiger partial charge in [0.15, 0.2) is 0 Å². The van der Waals surface area contributed by atoms with Crippen molar-refractivity contribution in [1.29, 1.82) is 0 Å². The molecule has 0 saturated heterocycles. The van der Waals surface area contributed by atoms with Crippen molar-refractivity contribution in [3.8, 4) is 0 Å². The highest BCUT2D eigenvalue weighted by molar-refractivity contribution is 9.09. The Morgan fingerprint density at radius 3 is 2.36 bits per heavy atom. The van der Waals surface area contributed by atoms with E-state index < -0.39 is 9.84 Å². The Hall–Kier alpha value is 0.430. The van der Waals surface area contributed by atoms with Gasteiger partial charge >= 0.3 is 0 Å². The lowest BCUT2D eigenvalue weighted by atomic mass is 10.0. The van der Waals surface area contributed by atoms with Crippen molar-refractivity contribution >= 4 is 25.8 Å². The third-order valence-corrected chi connectivity index (χ3v) is 4.64. The lowest BCUT2D eigenvalue weighted by molar-refractivity contribution is 0.499. The third-order valence-electron chi connectivity index (χ3n) is 2.17. The van der Waals surface area contributed by atoms with Gasteiger partial charge in [0.05, 0.1) is 5.25 Å². The fraction of sp³-hybridized carbons (Fsp3) is 1.00. The van der Waals surface area contributed by atoms with Gasteiger partial charge in [0, 0.05) is 11.1 Å². The van der Waals surface area contributed by atoms with Gasteiger partial charge in [-0.1, -0.05) is 22.4 Å². The predicted molar refractivity (Wildman–Crippen MR) is 49.8 cm³/mol. The average Bonchev–Trinajstić information content (AvgIpc) is 1.86. The van der Waals surface area contributed by atoms with E-state index in [9.17, 15) is 8.42 Å². The highest BCUT2D eigenvalue weighted by Gasteiger charge is 2.27. The molecule has 0 spiro atoms. The molecule has 1 aliphatic carbocycles. The fourth-order valence-corrected chi connectivity index (χ4v) is 3.68. The monoisotopic (exact) mass is 240 g/mol. The molecule has 1 rings (SSSR count). The molecule has 66 valence electrons. The van der Waals surface area contributed by atoms with Crippen molar-refractivity contribution in [3.63, 3.8) is 0 Å². The number of rotatable bonds is 1. The highest BCUT2D eigenvalue weighted by Crippen LogP contribution is 2.28. The van der Waals surface area contributed by atoms with E-state index in [4.69, 9.17) is 0 Å². The molecule has 0 amide bonds. The summed E-state index contributed by atoms with van der Waals surface area (Å²) >= 11 is 3.46. The predicted octanol–water partition coefficient (Wildman–Crippen LogP) is 1.74. The van der Waals surface area contributed by atoms with Gasteiger partial charge in [0.2, 0.25) is 0 Å². The van der Waals surface area contributed by atoms with E-state index in [0.717, 1.165) is 25.7 Å². The summed E-state index contributed by atoms with van der Waals surface area (Å²) in [5, 5.41) is -0.0966. The normalized spacial score (nSPS) is 33.6. The maximum atomic E-state index is 11.1. The number of halogens is 1. The van der Waals surface area contributed by atoms with Crippen LogP contribution in [-0.4, -0.2) is 24.8 Å². The molecule has 0 radical (unpaired) electrons. The molecule has 0 aromatic carbocycles.